The van der Waals surface area contributed by atoms with Crippen molar-refractivity contribution in [1.82, 2.24) is 14.7 Å². The molecule has 3 aliphatic rings. The fourth-order valence-corrected chi connectivity index (χ4v) is 5.34. The van der Waals surface area contributed by atoms with E-state index in [0.717, 1.165) is 0 Å². The summed E-state index contributed by atoms with van der Waals surface area (Å²) in [4.78, 5) is 58.0. The summed E-state index contributed by atoms with van der Waals surface area (Å²) in [5.74, 6) is -0.657. The second-order valence-electron chi connectivity index (χ2n) is 8.30. The van der Waals surface area contributed by atoms with Crippen molar-refractivity contribution < 1.29 is 24.0 Å². The van der Waals surface area contributed by atoms with Crippen LogP contribution in [-0.2, 0) is 19.1 Å². The van der Waals surface area contributed by atoms with E-state index in [9.17, 15) is 24.5 Å². The Kier molecular flexibility index (Phi) is 6.92. The quantitative estimate of drug-likeness (QED) is 0.344. The average molecular weight is 500 g/mol. The van der Waals surface area contributed by atoms with Crippen molar-refractivity contribution in [1.29, 1.82) is 0 Å². The summed E-state index contributed by atoms with van der Waals surface area (Å²) in [6, 6.07) is 5.32. The highest BCUT2D eigenvalue weighted by Gasteiger charge is 2.41. The molecule has 3 aliphatic heterocycles. The minimum absolute atomic E-state index is 0.00962. The summed E-state index contributed by atoms with van der Waals surface area (Å²) < 4.78 is 5.03. The Morgan fingerprint density at radius 2 is 1.77 bits per heavy atom. The van der Waals surface area contributed by atoms with Crippen LogP contribution in [0.2, 0.25) is 0 Å². The molecule has 0 bridgehead atoms. The van der Waals surface area contributed by atoms with Gasteiger partial charge in [0.1, 0.15) is 0 Å². The average Bonchev–Trinajstić information content (AvgIpc) is 3.24. The highest BCUT2D eigenvalue weighted by atomic mass is 32.2. The Labute approximate surface area is 206 Å². The van der Waals surface area contributed by atoms with Gasteiger partial charge < -0.3 is 19.4 Å². The highest BCUT2D eigenvalue weighted by molar-refractivity contribution is 8.16. The molecular formula is C23H25N5O6S. The third-order valence-corrected chi connectivity index (χ3v) is 7.12. The molecule has 1 aromatic carbocycles. The van der Waals surface area contributed by atoms with Crippen molar-refractivity contribution in [2.75, 3.05) is 33.3 Å². The summed E-state index contributed by atoms with van der Waals surface area (Å²) in [6.07, 6.45) is 0.0864. The van der Waals surface area contributed by atoms with Crippen LogP contribution in [0.1, 0.15) is 31.9 Å². The maximum Gasteiger partial charge on any atom is 0.338 e. The van der Waals surface area contributed by atoms with E-state index in [1.807, 2.05) is 10.3 Å². The van der Waals surface area contributed by atoms with Crippen molar-refractivity contribution in [3.63, 3.8) is 0 Å². The number of nitro benzene ring substituents is 1. The number of hydrogen-bond donors (Lipinski definition) is 0. The number of allylic oxidation sites excluding steroid dienone is 1. The van der Waals surface area contributed by atoms with Gasteiger partial charge in [-0.1, -0.05) is 11.8 Å². The van der Waals surface area contributed by atoms with Gasteiger partial charge in [0.05, 0.1) is 35.8 Å². The van der Waals surface area contributed by atoms with Gasteiger partial charge in [0.25, 0.3) is 5.69 Å². The standard InChI is InChI=1S/C23H25N5O6S/c1-14-20(22(31)34-3)21(16-4-6-17(7-5-16)28(32)33)27-18(13-35-23(27)24-14)12-19(30)26-10-8-25(9-11-26)15(2)29/h4-7,13,21H,8-12H2,1-3H3. The van der Waals surface area contributed by atoms with Crippen LogP contribution in [0.5, 0.6) is 0 Å². The number of nitrogens with zero attached hydrogens (tertiary/aromatic N) is 5. The molecule has 0 aromatic heterocycles. The largest absolute Gasteiger partial charge is 0.466 e. The lowest BCUT2D eigenvalue weighted by molar-refractivity contribution is -0.384. The fourth-order valence-electron chi connectivity index (χ4n) is 4.37. The molecule has 1 atom stereocenters. The number of carbonyl (C=O) groups is 3. The number of benzene rings is 1. The maximum atomic E-state index is 13.1. The highest BCUT2D eigenvalue weighted by Crippen LogP contribution is 2.45. The van der Waals surface area contributed by atoms with Gasteiger partial charge in [0, 0.05) is 50.9 Å². The molecule has 2 amide bonds. The van der Waals surface area contributed by atoms with Gasteiger partial charge in [-0.15, -0.1) is 0 Å². The lowest BCUT2D eigenvalue weighted by atomic mass is 9.93. The smallest absolute Gasteiger partial charge is 0.338 e. The van der Waals surface area contributed by atoms with Gasteiger partial charge in [0.2, 0.25) is 11.8 Å². The lowest BCUT2D eigenvalue weighted by Gasteiger charge is -2.37. The molecule has 1 fully saturated rings. The van der Waals surface area contributed by atoms with Crippen molar-refractivity contribution in [3.05, 3.63) is 62.3 Å². The first-order chi connectivity index (χ1) is 16.7. The molecule has 35 heavy (non-hydrogen) atoms. The number of non-ortho nitro benzene ring substituents is 1. The first-order valence-electron chi connectivity index (χ1n) is 11.0. The van der Waals surface area contributed by atoms with Gasteiger partial charge in [0.15, 0.2) is 5.17 Å². The second kappa shape index (κ2) is 9.90. The minimum Gasteiger partial charge on any atom is -0.466 e. The minimum atomic E-state index is -0.653. The second-order valence-corrected chi connectivity index (χ2v) is 9.13. The summed E-state index contributed by atoms with van der Waals surface area (Å²) >= 11 is 1.35. The molecule has 0 aliphatic carbocycles. The third-order valence-electron chi connectivity index (χ3n) is 6.24. The van der Waals surface area contributed by atoms with E-state index < -0.39 is 16.9 Å². The van der Waals surface area contributed by atoms with Crippen LogP contribution in [0.3, 0.4) is 0 Å². The lowest BCUT2D eigenvalue weighted by Crippen LogP contribution is -2.50. The molecule has 0 radical (unpaired) electrons. The number of esters is 1. The first kappa shape index (κ1) is 24.5. The number of thioether (sulfide) groups is 1. The van der Waals surface area contributed by atoms with Gasteiger partial charge in [-0.05, 0) is 30.0 Å². The third kappa shape index (κ3) is 4.78. The predicted molar refractivity (Wildman–Crippen MR) is 129 cm³/mol. The van der Waals surface area contributed by atoms with E-state index in [1.54, 1.807) is 28.9 Å². The van der Waals surface area contributed by atoms with Crippen LogP contribution in [0.4, 0.5) is 5.69 Å². The fraction of sp³-hybridized carbons (Fsp3) is 0.391. The van der Waals surface area contributed by atoms with Crippen LogP contribution in [0.25, 0.3) is 0 Å². The SMILES string of the molecule is COC(=O)C1=C(C)N=C2SC=C(CC(=O)N3CCN(C(C)=O)CC3)N2C1c1ccc([N+](=O)[O-])cc1. The molecule has 4 rings (SSSR count). The number of aliphatic imine (C=N–C) groups is 1. The maximum absolute atomic E-state index is 13.1. The zero-order valence-corrected chi connectivity index (χ0v) is 20.4. The monoisotopic (exact) mass is 499 g/mol. The Morgan fingerprint density at radius 1 is 1.14 bits per heavy atom. The number of carbonyl (C=O) groups excluding carboxylic acids is 3. The number of fused-ring (bicyclic) bond motifs is 1. The Morgan fingerprint density at radius 3 is 2.34 bits per heavy atom. The number of piperazine rings is 1. The van der Waals surface area contributed by atoms with Gasteiger partial charge in [-0.2, -0.15) is 0 Å². The van der Waals surface area contributed by atoms with Crippen LogP contribution in [-0.4, -0.2) is 75.9 Å². The number of methoxy groups -OCH3 is 1. The Hall–Kier alpha value is -3.67. The zero-order valence-electron chi connectivity index (χ0n) is 19.6. The van der Waals surface area contributed by atoms with E-state index in [-0.39, 0.29) is 23.9 Å². The van der Waals surface area contributed by atoms with Gasteiger partial charge in [-0.25, -0.2) is 9.79 Å². The molecular weight excluding hydrogens is 474 g/mol. The van der Waals surface area contributed by atoms with Crippen molar-refractivity contribution in [3.8, 4) is 0 Å². The molecule has 0 spiro atoms. The van der Waals surface area contributed by atoms with Crippen LogP contribution in [0.15, 0.2) is 51.6 Å². The van der Waals surface area contributed by atoms with Crippen LogP contribution >= 0.6 is 11.8 Å². The number of ether oxygens (including phenoxy) is 1. The summed E-state index contributed by atoms with van der Waals surface area (Å²) in [6.45, 7) is 5.13. The molecule has 0 saturated carbocycles. The molecule has 1 unspecified atom stereocenters. The number of rotatable bonds is 5. The van der Waals surface area contributed by atoms with Crippen LogP contribution in [0, 0.1) is 10.1 Å². The molecule has 184 valence electrons. The summed E-state index contributed by atoms with van der Waals surface area (Å²) in [5, 5.41) is 13.6. The van der Waals surface area contributed by atoms with Gasteiger partial charge >= 0.3 is 5.97 Å². The van der Waals surface area contributed by atoms with E-state index in [1.165, 1.54) is 37.9 Å². The Balaban J connectivity index is 1.62. The number of nitro groups is 1. The number of amidine groups is 1. The summed E-state index contributed by atoms with van der Waals surface area (Å²) in [5.41, 5.74) is 2.04. The summed E-state index contributed by atoms with van der Waals surface area (Å²) in [7, 11) is 1.29. The predicted octanol–water partition coefficient (Wildman–Crippen LogP) is 2.42. The van der Waals surface area contributed by atoms with Crippen molar-refractivity contribution >= 4 is 40.4 Å². The molecule has 12 heteroatoms. The Bertz CT molecular complexity index is 1170. The van der Waals surface area contributed by atoms with Gasteiger partial charge in [-0.3, -0.25) is 19.7 Å². The first-order valence-corrected chi connectivity index (χ1v) is 11.9. The van der Waals surface area contributed by atoms with E-state index in [4.69, 9.17) is 4.74 Å². The van der Waals surface area contributed by atoms with E-state index in [2.05, 4.69) is 4.99 Å². The number of amides is 2. The number of hydrogen-bond acceptors (Lipinski definition) is 9. The molecule has 0 N–H and O–H groups in total. The van der Waals surface area contributed by atoms with Crippen LogP contribution < -0.4 is 0 Å². The molecule has 1 aromatic rings. The van der Waals surface area contributed by atoms with Crippen molar-refractivity contribution in [2.45, 2.75) is 26.3 Å². The van der Waals surface area contributed by atoms with E-state index >= 15 is 0 Å². The van der Waals surface area contributed by atoms with E-state index in [0.29, 0.717) is 53.9 Å². The topological polar surface area (TPSA) is 126 Å². The molecule has 11 nitrogen and oxygen atoms in total. The van der Waals surface area contributed by atoms with Crippen molar-refractivity contribution in [2.24, 2.45) is 4.99 Å². The molecule has 1 saturated heterocycles. The molecule has 3 heterocycles. The normalized spacial score (nSPS) is 19.7. The zero-order chi connectivity index (χ0) is 25.3.